The average molecular weight is 464 g/mol. The Bertz CT molecular complexity index is 1090. The van der Waals surface area contributed by atoms with Gasteiger partial charge in [0, 0.05) is 17.3 Å². The first kappa shape index (κ1) is 22.0. The topological polar surface area (TPSA) is 72.3 Å². The first-order valence-corrected chi connectivity index (χ1v) is 12.7. The molecule has 1 saturated carbocycles. The summed E-state index contributed by atoms with van der Waals surface area (Å²) in [5.41, 5.74) is 3.55. The number of nitrogens with one attached hydrogen (secondary N) is 1. The lowest BCUT2D eigenvalue weighted by Crippen LogP contribution is -2.20. The average Bonchev–Trinajstić information content (AvgIpc) is 3.02. The molecule has 1 spiro atoms. The summed E-state index contributed by atoms with van der Waals surface area (Å²) in [7, 11) is 0. The molecule has 2 heterocycles. The van der Waals surface area contributed by atoms with Crippen LogP contribution < -0.4 is 14.8 Å². The molecule has 3 aliphatic rings. The number of hydrogen-bond acceptors (Lipinski definition) is 6. The molecule has 6 nitrogen and oxygen atoms in total. The second kappa shape index (κ2) is 9.59. The molecule has 2 aliphatic heterocycles. The third-order valence-electron chi connectivity index (χ3n) is 6.23. The van der Waals surface area contributed by atoms with Crippen LogP contribution in [0.25, 0.3) is 0 Å². The van der Waals surface area contributed by atoms with Crippen LogP contribution in [0.4, 0.5) is 5.69 Å². The lowest BCUT2D eigenvalue weighted by molar-refractivity contribution is -0.113. The molecule has 7 heteroatoms. The fourth-order valence-electron chi connectivity index (χ4n) is 4.49. The van der Waals surface area contributed by atoms with E-state index in [1.807, 2.05) is 18.2 Å². The van der Waals surface area contributed by atoms with Crippen molar-refractivity contribution in [3.05, 3.63) is 53.6 Å². The molecule has 0 unspecified atom stereocenters. The molecular formula is C26H29N3O3S. The summed E-state index contributed by atoms with van der Waals surface area (Å²) in [6, 6.07) is 13.9. The summed E-state index contributed by atoms with van der Waals surface area (Å²) in [6.45, 7) is 3.14. The van der Waals surface area contributed by atoms with Crippen molar-refractivity contribution in [2.45, 2.75) is 51.1 Å². The number of fused-ring (bicyclic) bond motifs is 1. The van der Waals surface area contributed by atoms with Gasteiger partial charge in [0.1, 0.15) is 18.3 Å². The maximum absolute atomic E-state index is 12.7. The maximum atomic E-state index is 12.7. The van der Waals surface area contributed by atoms with Gasteiger partial charge in [0.2, 0.25) is 5.91 Å². The smallest absolute Gasteiger partial charge is 0.234 e. The van der Waals surface area contributed by atoms with Crippen LogP contribution in [0.5, 0.6) is 11.5 Å². The molecule has 33 heavy (non-hydrogen) atoms. The first-order valence-electron chi connectivity index (χ1n) is 11.7. The zero-order valence-corrected chi connectivity index (χ0v) is 19.7. The minimum atomic E-state index is -0.356. The number of thioether (sulfide) groups is 1. The van der Waals surface area contributed by atoms with Gasteiger partial charge in [0.25, 0.3) is 0 Å². The number of carbonyl (C=O) groups is 1. The minimum Gasteiger partial charge on any atom is -0.486 e. The number of ether oxygens (including phenoxy) is 2. The zero-order valence-electron chi connectivity index (χ0n) is 18.9. The van der Waals surface area contributed by atoms with Crippen molar-refractivity contribution < 1.29 is 14.3 Å². The van der Waals surface area contributed by atoms with E-state index < -0.39 is 0 Å². The van der Waals surface area contributed by atoms with Gasteiger partial charge in [0.15, 0.2) is 17.2 Å². The van der Waals surface area contributed by atoms with Gasteiger partial charge in [-0.2, -0.15) is 0 Å². The molecule has 1 fully saturated rings. The van der Waals surface area contributed by atoms with E-state index in [2.05, 4.69) is 36.5 Å². The largest absolute Gasteiger partial charge is 0.486 e. The van der Waals surface area contributed by atoms with Crippen molar-refractivity contribution in [3.8, 4) is 11.5 Å². The highest BCUT2D eigenvalue weighted by Crippen LogP contribution is 2.38. The van der Waals surface area contributed by atoms with Crippen LogP contribution in [-0.4, -0.2) is 41.3 Å². The molecule has 0 atom stereocenters. The van der Waals surface area contributed by atoms with E-state index in [0.29, 0.717) is 30.4 Å². The summed E-state index contributed by atoms with van der Waals surface area (Å²) >= 11 is 1.47. The normalized spacial score (nSPS) is 18.9. The molecule has 0 bridgehead atoms. The first-order chi connectivity index (χ1) is 16.1. The van der Waals surface area contributed by atoms with Crippen LogP contribution in [0.1, 0.15) is 49.7 Å². The SMILES string of the molecule is Cc1ccc(C2=NC3(CCCCCC3)N=C2SCC(=O)Nc2ccc3c(c2)OCCO3)cc1. The van der Waals surface area contributed by atoms with Crippen LogP contribution in [0, 0.1) is 6.92 Å². The van der Waals surface area contributed by atoms with E-state index in [4.69, 9.17) is 19.5 Å². The molecule has 1 aliphatic carbocycles. The minimum absolute atomic E-state index is 0.0792. The second-order valence-electron chi connectivity index (χ2n) is 8.84. The predicted molar refractivity (Wildman–Crippen MR) is 134 cm³/mol. The molecule has 0 saturated heterocycles. The zero-order chi connectivity index (χ0) is 22.7. The van der Waals surface area contributed by atoms with Gasteiger partial charge in [-0.05, 0) is 44.7 Å². The van der Waals surface area contributed by atoms with Gasteiger partial charge in [-0.25, -0.2) is 4.99 Å². The summed E-state index contributed by atoms with van der Waals surface area (Å²) in [5, 5.41) is 3.84. The van der Waals surface area contributed by atoms with E-state index in [1.54, 1.807) is 0 Å². The summed E-state index contributed by atoms with van der Waals surface area (Å²) in [4.78, 5) is 23.0. The number of hydrogen-bond donors (Lipinski definition) is 1. The molecule has 1 N–H and O–H groups in total. The van der Waals surface area contributed by atoms with Crippen LogP contribution in [-0.2, 0) is 4.79 Å². The highest BCUT2D eigenvalue weighted by molar-refractivity contribution is 8.16. The fourth-order valence-corrected chi connectivity index (χ4v) is 5.37. The van der Waals surface area contributed by atoms with Crippen molar-refractivity contribution in [2.24, 2.45) is 9.98 Å². The molecule has 172 valence electrons. The van der Waals surface area contributed by atoms with Crippen LogP contribution in [0.15, 0.2) is 52.4 Å². The lowest BCUT2D eigenvalue weighted by Gasteiger charge is -2.20. The Hall–Kier alpha value is -2.80. The summed E-state index contributed by atoms with van der Waals surface area (Å²) in [6.07, 6.45) is 6.75. The molecule has 2 aromatic carbocycles. The quantitative estimate of drug-likeness (QED) is 0.660. The predicted octanol–water partition coefficient (Wildman–Crippen LogP) is 5.39. The van der Waals surface area contributed by atoms with Crippen molar-refractivity contribution in [1.29, 1.82) is 0 Å². The van der Waals surface area contributed by atoms with Crippen LogP contribution >= 0.6 is 11.8 Å². The Labute approximate surface area is 198 Å². The lowest BCUT2D eigenvalue weighted by atomic mass is 10.0. The number of amides is 1. The molecular weight excluding hydrogens is 434 g/mol. The third-order valence-corrected chi connectivity index (χ3v) is 7.19. The van der Waals surface area contributed by atoms with Gasteiger partial charge in [-0.3, -0.25) is 9.79 Å². The summed E-state index contributed by atoms with van der Waals surface area (Å²) < 4.78 is 11.2. The van der Waals surface area contributed by atoms with Crippen molar-refractivity contribution in [2.75, 3.05) is 24.3 Å². The number of aryl methyl sites for hydroxylation is 1. The molecule has 2 aromatic rings. The molecule has 5 rings (SSSR count). The number of nitrogens with zero attached hydrogens (tertiary/aromatic N) is 2. The fraction of sp³-hybridized carbons (Fsp3) is 0.423. The Morgan fingerprint density at radius 1 is 0.970 bits per heavy atom. The number of carbonyl (C=O) groups excluding carboxylic acids is 1. The van der Waals surface area contributed by atoms with Crippen molar-refractivity contribution >= 4 is 34.1 Å². The number of aliphatic imine (C=N–C) groups is 2. The number of benzene rings is 2. The Kier molecular flexibility index (Phi) is 6.40. The van der Waals surface area contributed by atoms with E-state index in [0.717, 1.165) is 42.0 Å². The van der Waals surface area contributed by atoms with Crippen LogP contribution in [0.3, 0.4) is 0 Å². The maximum Gasteiger partial charge on any atom is 0.234 e. The van der Waals surface area contributed by atoms with Gasteiger partial charge >= 0.3 is 0 Å². The van der Waals surface area contributed by atoms with Crippen molar-refractivity contribution in [1.82, 2.24) is 0 Å². The van der Waals surface area contributed by atoms with Gasteiger partial charge in [-0.15, -0.1) is 0 Å². The Balaban J connectivity index is 1.30. The Morgan fingerprint density at radius 3 is 2.45 bits per heavy atom. The van der Waals surface area contributed by atoms with Gasteiger partial charge in [-0.1, -0.05) is 54.4 Å². The second-order valence-corrected chi connectivity index (χ2v) is 9.80. The molecule has 1 amide bonds. The van der Waals surface area contributed by atoms with E-state index >= 15 is 0 Å². The Morgan fingerprint density at radius 2 is 1.70 bits per heavy atom. The van der Waals surface area contributed by atoms with Gasteiger partial charge < -0.3 is 14.8 Å². The van der Waals surface area contributed by atoms with Crippen LogP contribution in [0.2, 0.25) is 0 Å². The van der Waals surface area contributed by atoms with E-state index in [-0.39, 0.29) is 17.3 Å². The monoisotopic (exact) mass is 463 g/mol. The van der Waals surface area contributed by atoms with Crippen molar-refractivity contribution in [3.63, 3.8) is 0 Å². The summed E-state index contributed by atoms with van der Waals surface area (Å²) in [5.74, 6) is 1.57. The third kappa shape index (κ3) is 5.08. The van der Waals surface area contributed by atoms with Gasteiger partial charge in [0.05, 0.1) is 11.5 Å². The molecule has 0 radical (unpaired) electrons. The number of anilines is 1. The molecule has 0 aromatic heterocycles. The highest BCUT2D eigenvalue weighted by Gasteiger charge is 2.37. The standard InChI is InChI=1S/C26H29N3O3S/c1-18-6-8-19(9-7-18)24-25(29-26(28-24)12-4-2-3-5-13-26)33-17-23(30)27-20-10-11-21-22(16-20)32-15-14-31-21/h6-11,16H,2-5,12-15,17H2,1H3,(H,27,30). The highest BCUT2D eigenvalue weighted by atomic mass is 32.2. The number of rotatable bonds is 4. The van der Waals surface area contributed by atoms with E-state index in [9.17, 15) is 4.79 Å². The van der Waals surface area contributed by atoms with E-state index in [1.165, 1.54) is 30.2 Å².